The van der Waals surface area contributed by atoms with Gasteiger partial charge >= 0.3 is 0 Å². The molecule has 0 fully saturated rings. The second-order valence-electron chi connectivity index (χ2n) is 3.78. The van der Waals surface area contributed by atoms with E-state index in [2.05, 4.69) is 15.9 Å². The molecule has 0 bridgehead atoms. The average Bonchev–Trinajstić information content (AvgIpc) is 2.37. The molecule has 0 aliphatic rings. The zero-order valence-electron chi connectivity index (χ0n) is 9.50. The minimum atomic E-state index is -0.386. The van der Waals surface area contributed by atoms with Crippen molar-refractivity contribution in [2.75, 3.05) is 0 Å². The molecule has 18 heavy (non-hydrogen) atoms. The Morgan fingerprint density at radius 2 is 1.94 bits per heavy atom. The molecule has 2 aromatic carbocycles. The average molecular weight is 330 g/mol. The van der Waals surface area contributed by atoms with Crippen LogP contribution >= 0.6 is 27.5 Å². The molecule has 0 saturated carbocycles. The van der Waals surface area contributed by atoms with Crippen molar-refractivity contribution in [3.63, 3.8) is 0 Å². The van der Waals surface area contributed by atoms with Crippen LogP contribution in [0.5, 0.6) is 5.75 Å². The van der Waals surface area contributed by atoms with Crippen LogP contribution in [0, 0.1) is 5.82 Å². The molecule has 0 heterocycles. The maximum atomic E-state index is 13.6. The first-order valence-electron chi connectivity index (χ1n) is 5.41. The van der Waals surface area contributed by atoms with Crippen molar-refractivity contribution in [3.8, 4) is 5.75 Å². The Morgan fingerprint density at radius 1 is 1.17 bits per heavy atom. The standard InChI is InChI=1S/C14H11BrClFO/c15-12-5-1-3-10(7-12)9-18-14-11(8-16)4-2-6-13(14)17/h1-7H,8-9H2. The highest BCUT2D eigenvalue weighted by molar-refractivity contribution is 9.10. The van der Waals surface area contributed by atoms with Gasteiger partial charge in [-0.2, -0.15) is 0 Å². The van der Waals surface area contributed by atoms with Crippen LogP contribution in [0.3, 0.4) is 0 Å². The first-order chi connectivity index (χ1) is 8.70. The molecule has 0 aromatic heterocycles. The summed E-state index contributed by atoms with van der Waals surface area (Å²) in [7, 11) is 0. The fourth-order valence-electron chi connectivity index (χ4n) is 1.60. The Morgan fingerprint density at radius 3 is 2.67 bits per heavy atom. The number of benzene rings is 2. The van der Waals surface area contributed by atoms with E-state index in [0.717, 1.165) is 10.0 Å². The smallest absolute Gasteiger partial charge is 0.165 e. The van der Waals surface area contributed by atoms with Gasteiger partial charge < -0.3 is 4.74 Å². The van der Waals surface area contributed by atoms with Gasteiger partial charge in [0.05, 0.1) is 5.88 Å². The van der Waals surface area contributed by atoms with Crippen LogP contribution in [-0.2, 0) is 12.5 Å². The van der Waals surface area contributed by atoms with Crippen LogP contribution in [0.15, 0.2) is 46.9 Å². The molecule has 94 valence electrons. The molecule has 0 unspecified atom stereocenters. The summed E-state index contributed by atoms with van der Waals surface area (Å²) in [5.41, 5.74) is 1.62. The maximum Gasteiger partial charge on any atom is 0.165 e. The van der Waals surface area contributed by atoms with Crippen molar-refractivity contribution in [2.24, 2.45) is 0 Å². The van der Waals surface area contributed by atoms with E-state index in [-0.39, 0.29) is 17.4 Å². The molecular weight excluding hydrogens is 319 g/mol. The van der Waals surface area contributed by atoms with E-state index in [1.807, 2.05) is 24.3 Å². The van der Waals surface area contributed by atoms with Gasteiger partial charge in [-0.25, -0.2) is 4.39 Å². The normalized spacial score (nSPS) is 10.4. The van der Waals surface area contributed by atoms with Gasteiger partial charge in [0.1, 0.15) is 6.61 Å². The van der Waals surface area contributed by atoms with E-state index >= 15 is 0 Å². The number of ether oxygens (including phenoxy) is 1. The van der Waals surface area contributed by atoms with Crippen molar-refractivity contribution >= 4 is 27.5 Å². The number of alkyl halides is 1. The van der Waals surface area contributed by atoms with Crippen LogP contribution < -0.4 is 4.74 Å². The Bertz CT molecular complexity index is 545. The van der Waals surface area contributed by atoms with E-state index in [4.69, 9.17) is 16.3 Å². The molecule has 1 nitrogen and oxygen atoms in total. The lowest BCUT2D eigenvalue weighted by molar-refractivity contribution is 0.288. The molecule has 0 radical (unpaired) electrons. The third-order valence-corrected chi connectivity index (χ3v) is 3.25. The lowest BCUT2D eigenvalue weighted by atomic mass is 10.2. The molecule has 0 N–H and O–H groups in total. The zero-order valence-corrected chi connectivity index (χ0v) is 11.8. The Hall–Kier alpha value is -1.06. The van der Waals surface area contributed by atoms with Gasteiger partial charge in [-0.3, -0.25) is 0 Å². The van der Waals surface area contributed by atoms with Crippen molar-refractivity contribution in [1.29, 1.82) is 0 Å². The summed E-state index contributed by atoms with van der Waals surface area (Å²) < 4.78 is 20.1. The van der Waals surface area contributed by atoms with Crippen LogP contribution in [0.1, 0.15) is 11.1 Å². The Labute approximate surface area is 119 Å². The van der Waals surface area contributed by atoms with Crippen LogP contribution in [0.2, 0.25) is 0 Å². The molecule has 0 aliphatic heterocycles. The summed E-state index contributed by atoms with van der Waals surface area (Å²) in [6.07, 6.45) is 0. The van der Waals surface area contributed by atoms with E-state index in [1.54, 1.807) is 12.1 Å². The van der Waals surface area contributed by atoms with Crippen molar-refractivity contribution < 1.29 is 9.13 Å². The van der Waals surface area contributed by atoms with Crippen molar-refractivity contribution in [1.82, 2.24) is 0 Å². The maximum absolute atomic E-state index is 13.6. The summed E-state index contributed by atoms with van der Waals surface area (Å²) in [5.74, 6) is 0.0709. The largest absolute Gasteiger partial charge is 0.485 e. The van der Waals surface area contributed by atoms with E-state index < -0.39 is 0 Å². The highest BCUT2D eigenvalue weighted by Gasteiger charge is 2.09. The Kier molecular flexibility index (Phi) is 4.61. The second kappa shape index (κ2) is 6.21. The quantitative estimate of drug-likeness (QED) is 0.725. The van der Waals surface area contributed by atoms with Gasteiger partial charge in [0.15, 0.2) is 11.6 Å². The highest BCUT2D eigenvalue weighted by atomic mass is 79.9. The van der Waals surface area contributed by atoms with Crippen LogP contribution in [-0.4, -0.2) is 0 Å². The molecule has 0 aliphatic carbocycles. The number of rotatable bonds is 4. The zero-order chi connectivity index (χ0) is 13.0. The lowest BCUT2D eigenvalue weighted by Crippen LogP contribution is -2.00. The molecule has 0 spiro atoms. The fraction of sp³-hybridized carbons (Fsp3) is 0.143. The van der Waals surface area contributed by atoms with Gasteiger partial charge in [0.25, 0.3) is 0 Å². The van der Waals surface area contributed by atoms with Crippen LogP contribution in [0.25, 0.3) is 0 Å². The summed E-state index contributed by atoms with van der Waals surface area (Å²) in [4.78, 5) is 0. The topological polar surface area (TPSA) is 9.23 Å². The number of hydrogen-bond donors (Lipinski definition) is 0. The SMILES string of the molecule is Fc1cccc(CCl)c1OCc1cccc(Br)c1. The number of hydrogen-bond acceptors (Lipinski definition) is 1. The first kappa shape index (κ1) is 13.4. The number of para-hydroxylation sites is 1. The minimum Gasteiger partial charge on any atom is -0.485 e. The van der Waals surface area contributed by atoms with Crippen LogP contribution in [0.4, 0.5) is 4.39 Å². The molecule has 2 rings (SSSR count). The minimum absolute atomic E-state index is 0.228. The van der Waals surface area contributed by atoms with Gasteiger partial charge in [-0.1, -0.05) is 40.2 Å². The molecule has 4 heteroatoms. The molecule has 2 aromatic rings. The van der Waals surface area contributed by atoms with Gasteiger partial charge in [0.2, 0.25) is 0 Å². The summed E-state index contributed by atoms with van der Waals surface area (Å²) in [5, 5.41) is 0. The van der Waals surface area contributed by atoms with Gasteiger partial charge in [-0.05, 0) is 23.8 Å². The third kappa shape index (κ3) is 3.24. The summed E-state index contributed by atoms with van der Waals surface area (Å²) in [6.45, 7) is 0.310. The van der Waals surface area contributed by atoms with E-state index in [9.17, 15) is 4.39 Å². The van der Waals surface area contributed by atoms with Gasteiger partial charge in [0, 0.05) is 10.0 Å². The predicted molar refractivity (Wildman–Crippen MR) is 74.4 cm³/mol. The first-order valence-corrected chi connectivity index (χ1v) is 6.74. The summed E-state index contributed by atoms with van der Waals surface area (Å²) >= 11 is 9.14. The van der Waals surface area contributed by atoms with E-state index in [1.165, 1.54) is 6.07 Å². The van der Waals surface area contributed by atoms with Crippen molar-refractivity contribution in [3.05, 3.63) is 63.9 Å². The summed E-state index contributed by atoms with van der Waals surface area (Å²) in [6, 6.07) is 12.4. The second-order valence-corrected chi connectivity index (χ2v) is 4.96. The monoisotopic (exact) mass is 328 g/mol. The Balaban J connectivity index is 2.15. The van der Waals surface area contributed by atoms with Crippen molar-refractivity contribution in [2.45, 2.75) is 12.5 Å². The van der Waals surface area contributed by atoms with E-state index in [0.29, 0.717) is 12.2 Å². The van der Waals surface area contributed by atoms with Gasteiger partial charge in [-0.15, -0.1) is 11.6 Å². The highest BCUT2D eigenvalue weighted by Crippen LogP contribution is 2.25. The predicted octanol–water partition coefficient (Wildman–Crippen LogP) is 4.91. The molecule has 0 amide bonds. The molecule has 0 atom stereocenters. The third-order valence-electron chi connectivity index (χ3n) is 2.46. The molecular formula is C14H11BrClFO. The lowest BCUT2D eigenvalue weighted by Gasteiger charge is -2.11. The molecule has 0 saturated heterocycles. The fourth-order valence-corrected chi connectivity index (χ4v) is 2.26. The number of halogens is 3.